The van der Waals surface area contributed by atoms with E-state index in [0.717, 1.165) is 58.4 Å². The van der Waals surface area contributed by atoms with Gasteiger partial charge in [0.25, 0.3) is 0 Å². The van der Waals surface area contributed by atoms with Gasteiger partial charge in [0.1, 0.15) is 5.82 Å². The van der Waals surface area contributed by atoms with Crippen LogP contribution >= 0.6 is 11.3 Å². The lowest BCUT2D eigenvalue weighted by Crippen LogP contribution is -2.31. The van der Waals surface area contributed by atoms with Crippen molar-refractivity contribution in [3.8, 4) is 23.0 Å². The van der Waals surface area contributed by atoms with Crippen LogP contribution in [0.15, 0.2) is 24.3 Å². The Hall–Kier alpha value is -3.79. The maximum Gasteiger partial charge on any atom is 0.231 e. The van der Waals surface area contributed by atoms with Crippen molar-refractivity contribution in [3.63, 3.8) is 0 Å². The highest BCUT2D eigenvalue weighted by Crippen LogP contribution is 2.39. The molecule has 0 bridgehead atoms. The Balaban J connectivity index is 1.60. The summed E-state index contributed by atoms with van der Waals surface area (Å²) in [6.45, 7) is 5.62. The summed E-state index contributed by atoms with van der Waals surface area (Å²) < 4.78 is 22.2. The smallest absolute Gasteiger partial charge is 0.231 e. The maximum absolute atomic E-state index is 5.60. The number of aromatic nitrogens is 3. The van der Waals surface area contributed by atoms with Gasteiger partial charge in [0, 0.05) is 29.4 Å². The molecule has 2 aromatic heterocycles. The first kappa shape index (κ1) is 24.9. The van der Waals surface area contributed by atoms with Gasteiger partial charge in [-0.3, -0.25) is 5.32 Å². The van der Waals surface area contributed by atoms with Crippen LogP contribution in [0, 0.1) is 6.92 Å². The molecule has 0 amide bonds. The minimum atomic E-state index is 0.490. The van der Waals surface area contributed by atoms with Gasteiger partial charge in [0.05, 0.1) is 39.6 Å². The molecular weight excluding hydrogens is 490 g/mol. The number of ether oxygens (including phenoxy) is 4. The summed E-state index contributed by atoms with van der Waals surface area (Å²) >= 11 is 1.63. The van der Waals surface area contributed by atoms with Gasteiger partial charge in [0.15, 0.2) is 28.1 Å². The number of thiazole rings is 1. The number of aryl methyl sites for hydroxylation is 2. The van der Waals surface area contributed by atoms with Crippen molar-refractivity contribution in [1.82, 2.24) is 15.0 Å². The Kier molecular flexibility index (Phi) is 6.92. The van der Waals surface area contributed by atoms with Crippen molar-refractivity contribution >= 4 is 39.1 Å². The Labute approximate surface area is 220 Å². The zero-order valence-electron chi connectivity index (χ0n) is 22.0. The fourth-order valence-electron chi connectivity index (χ4n) is 4.71. The van der Waals surface area contributed by atoms with Crippen LogP contribution in [0.3, 0.4) is 0 Å². The zero-order valence-corrected chi connectivity index (χ0v) is 22.8. The van der Waals surface area contributed by atoms with Crippen molar-refractivity contribution in [2.45, 2.75) is 33.2 Å². The predicted molar refractivity (Wildman–Crippen MR) is 146 cm³/mol. The van der Waals surface area contributed by atoms with Gasteiger partial charge >= 0.3 is 0 Å². The summed E-state index contributed by atoms with van der Waals surface area (Å²) in [5.74, 6) is 4.02. The number of methoxy groups -OCH3 is 4. The fourth-order valence-corrected chi connectivity index (χ4v) is 5.60. The highest BCUT2D eigenvalue weighted by molar-refractivity contribution is 7.15. The number of rotatable bonds is 8. The number of benzene rings is 2. The first-order chi connectivity index (χ1) is 18.0. The molecule has 0 radical (unpaired) electrons. The second-order valence-corrected chi connectivity index (χ2v) is 9.83. The second kappa shape index (κ2) is 10.3. The van der Waals surface area contributed by atoms with Crippen LogP contribution in [0.25, 0.3) is 10.9 Å². The molecule has 0 unspecified atom stereocenters. The first-order valence-corrected chi connectivity index (χ1v) is 12.9. The number of hydrogen-bond donors (Lipinski definition) is 1. The van der Waals surface area contributed by atoms with Gasteiger partial charge in [0.2, 0.25) is 5.95 Å². The van der Waals surface area contributed by atoms with Crippen molar-refractivity contribution in [2.75, 3.05) is 45.2 Å². The van der Waals surface area contributed by atoms with Crippen LogP contribution < -0.4 is 29.2 Å². The van der Waals surface area contributed by atoms with Gasteiger partial charge in [-0.2, -0.15) is 4.98 Å². The molecule has 3 heterocycles. The van der Waals surface area contributed by atoms with Gasteiger partial charge in [-0.15, -0.1) is 11.3 Å². The number of hydrogen-bond acceptors (Lipinski definition) is 10. The number of anilines is 3. The SMILES string of the molecule is CCc1sc(Nc2nc(N3CCc4cc(OC)c(OC)cc4C3)c3cc(OC)c(OC)cc3n2)nc1C. The predicted octanol–water partition coefficient (Wildman–Crippen LogP) is 5.30. The molecule has 4 aromatic rings. The van der Waals surface area contributed by atoms with E-state index in [1.54, 1.807) is 39.8 Å². The monoisotopic (exact) mass is 521 g/mol. The molecule has 0 fully saturated rings. The molecule has 0 aliphatic carbocycles. The molecular formula is C27H31N5O4S. The fraction of sp³-hybridized carbons (Fsp3) is 0.370. The van der Waals surface area contributed by atoms with Crippen LogP contribution in [-0.2, 0) is 19.4 Å². The molecule has 194 valence electrons. The van der Waals surface area contributed by atoms with E-state index >= 15 is 0 Å². The minimum absolute atomic E-state index is 0.490. The average molecular weight is 522 g/mol. The lowest BCUT2D eigenvalue weighted by atomic mass is 9.98. The van der Waals surface area contributed by atoms with E-state index in [0.29, 0.717) is 24.0 Å². The van der Waals surface area contributed by atoms with E-state index in [4.69, 9.17) is 28.9 Å². The van der Waals surface area contributed by atoms with E-state index in [9.17, 15) is 0 Å². The zero-order chi connectivity index (χ0) is 26.1. The van der Waals surface area contributed by atoms with E-state index < -0.39 is 0 Å². The Morgan fingerprint density at radius 3 is 2.16 bits per heavy atom. The molecule has 0 saturated carbocycles. The van der Waals surface area contributed by atoms with Crippen molar-refractivity contribution in [1.29, 1.82) is 0 Å². The summed E-state index contributed by atoms with van der Waals surface area (Å²) in [5, 5.41) is 5.00. The summed E-state index contributed by atoms with van der Waals surface area (Å²) in [4.78, 5) is 18.0. The van der Waals surface area contributed by atoms with E-state index in [1.807, 2.05) is 19.1 Å². The van der Waals surface area contributed by atoms with Crippen LogP contribution in [0.5, 0.6) is 23.0 Å². The summed E-state index contributed by atoms with van der Waals surface area (Å²) in [5.41, 5.74) is 4.20. The number of nitrogens with zero attached hydrogens (tertiary/aromatic N) is 4. The van der Waals surface area contributed by atoms with E-state index in [2.05, 4.69) is 34.3 Å². The molecule has 10 heteroatoms. The van der Waals surface area contributed by atoms with E-state index in [1.165, 1.54) is 16.0 Å². The van der Waals surface area contributed by atoms with Crippen LogP contribution in [0.2, 0.25) is 0 Å². The lowest BCUT2D eigenvalue weighted by Gasteiger charge is -2.31. The minimum Gasteiger partial charge on any atom is -0.493 e. The first-order valence-electron chi connectivity index (χ1n) is 12.1. The van der Waals surface area contributed by atoms with Crippen molar-refractivity contribution in [2.24, 2.45) is 0 Å². The highest BCUT2D eigenvalue weighted by Gasteiger charge is 2.24. The second-order valence-electron chi connectivity index (χ2n) is 8.75. The molecule has 1 aliphatic rings. The third-order valence-corrected chi connectivity index (χ3v) is 7.85. The summed E-state index contributed by atoms with van der Waals surface area (Å²) in [6, 6.07) is 7.96. The van der Waals surface area contributed by atoms with Crippen LogP contribution in [-0.4, -0.2) is 49.9 Å². The molecule has 2 aromatic carbocycles. The van der Waals surface area contributed by atoms with Gasteiger partial charge in [-0.1, -0.05) is 6.92 Å². The van der Waals surface area contributed by atoms with Crippen molar-refractivity contribution in [3.05, 3.63) is 46.0 Å². The largest absolute Gasteiger partial charge is 0.493 e. The highest BCUT2D eigenvalue weighted by atomic mass is 32.1. The molecule has 37 heavy (non-hydrogen) atoms. The molecule has 5 rings (SSSR count). The lowest BCUT2D eigenvalue weighted by molar-refractivity contribution is 0.353. The van der Waals surface area contributed by atoms with Gasteiger partial charge in [-0.25, -0.2) is 9.97 Å². The Morgan fingerprint density at radius 2 is 1.51 bits per heavy atom. The molecule has 0 spiro atoms. The normalized spacial score (nSPS) is 12.9. The van der Waals surface area contributed by atoms with Crippen LogP contribution in [0.4, 0.5) is 16.9 Å². The third kappa shape index (κ3) is 4.69. The summed E-state index contributed by atoms with van der Waals surface area (Å²) in [7, 11) is 6.58. The molecule has 0 saturated heterocycles. The third-order valence-electron chi connectivity index (χ3n) is 6.63. The van der Waals surface area contributed by atoms with Gasteiger partial charge in [-0.05, 0) is 49.1 Å². The Morgan fingerprint density at radius 1 is 0.865 bits per heavy atom. The maximum atomic E-state index is 5.60. The topological polar surface area (TPSA) is 90.9 Å². The van der Waals surface area contributed by atoms with Crippen molar-refractivity contribution < 1.29 is 18.9 Å². The number of fused-ring (bicyclic) bond motifs is 2. The quantitative estimate of drug-likeness (QED) is 0.332. The average Bonchev–Trinajstić information content (AvgIpc) is 3.29. The summed E-state index contributed by atoms with van der Waals surface area (Å²) in [6.07, 6.45) is 1.79. The van der Waals surface area contributed by atoms with Crippen LogP contribution in [0.1, 0.15) is 28.6 Å². The van der Waals surface area contributed by atoms with Gasteiger partial charge < -0.3 is 23.8 Å². The standard InChI is InChI=1S/C27H31N5O4S/c1-7-24-15(2)28-27(37-24)31-26-29-19-13-23(36-6)22(35-5)12-18(19)25(30-26)32-9-8-16-10-20(33-3)21(34-4)11-17(16)14-32/h10-13H,7-9,14H2,1-6H3,(H,28,29,30,31). The Bertz CT molecular complexity index is 1450. The molecule has 1 N–H and O–H groups in total. The molecule has 0 atom stereocenters. The molecule has 9 nitrogen and oxygen atoms in total. The number of nitrogens with one attached hydrogen (secondary N) is 1. The molecule has 1 aliphatic heterocycles. The van der Waals surface area contributed by atoms with E-state index in [-0.39, 0.29) is 0 Å².